The van der Waals surface area contributed by atoms with Crippen LogP contribution in [-0.4, -0.2) is 106 Å². The van der Waals surface area contributed by atoms with Gasteiger partial charge in [-0.3, -0.25) is 39.0 Å². The summed E-state index contributed by atoms with van der Waals surface area (Å²) >= 11 is 3.41. The van der Waals surface area contributed by atoms with Gasteiger partial charge in [-0.1, -0.05) is 18.2 Å². The number of nitrogens with zero attached hydrogens (tertiary/aromatic N) is 5. The Morgan fingerprint density at radius 1 is 0.981 bits per heavy atom. The third-order valence-corrected chi connectivity index (χ3v) is 11.3. The predicted molar refractivity (Wildman–Crippen MR) is 193 cm³/mol. The fourth-order valence-electron chi connectivity index (χ4n) is 7.69. The molecule has 4 aliphatic rings. The smallest absolute Gasteiger partial charge is 0.282 e. The molecule has 0 spiro atoms. The summed E-state index contributed by atoms with van der Waals surface area (Å²) in [5.41, 5.74) is 2.57. The maximum absolute atomic E-state index is 13.5. The zero-order chi connectivity index (χ0) is 36.7. The Labute approximate surface area is 308 Å². The van der Waals surface area contributed by atoms with Gasteiger partial charge in [0.1, 0.15) is 16.3 Å². The molecule has 2 aromatic carbocycles. The van der Waals surface area contributed by atoms with Crippen molar-refractivity contribution in [1.82, 2.24) is 29.8 Å². The normalized spacial score (nSPS) is 22.7. The van der Waals surface area contributed by atoms with Crippen molar-refractivity contribution in [3.8, 4) is 5.75 Å². The number of amides is 5. The quantitative estimate of drug-likeness (QED) is 0.326. The lowest BCUT2D eigenvalue weighted by atomic mass is 9.87. The Bertz CT molecular complexity index is 1990. The molecule has 7 rings (SSSR count). The molecule has 3 fully saturated rings. The van der Waals surface area contributed by atoms with Crippen LogP contribution in [-0.2, 0) is 16.6 Å². The third kappa shape index (κ3) is 6.98. The van der Waals surface area contributed by atoms with Crippen LogP contribution in [0.2, 0.25) is 0 Å². The lowest BCUT2D eigenvalue weighted by Gasteiger charge is -2.37. The molecule has 272 valence electrons. The highest BCUT2D eigenvalue weighted by Gasteiger charge is 2.46. The number of aryl methyl sites for hydroxylation is 1. The van der Waals surface area contributed by atoms with E-state index in [1.54, 1.807) is 31.4 Å². The van der Waals surface area contributed by atoms with Crippen molar-refractivity contribution in [2.45, 2.75) is 50.1 Å². The van der Waals surface area contributed by atoms with Gasteiger partial charge in [0.05, 0.1) is 29.6 Å². The molecule has 52 heavy (non-hydrogen) atoms. The Morgan fingerprint density at radius 2 is 1.73 bits per heavy atom. The maximum Gasteiger partial charge on any atom is 0.282 e. The van der Waals surface area contributed by atoms with Gasteiger partial charge in [-0.25, -0.2) is 4.68 Å². The highest BCUT2D eigenvalue weighted by molar-refractivity contribution is 9.10. The summed E-state index contributed by atoms with van der Waals surface area (Å²) in [7, 11) is 3.69. The molecule has 15 heteroatoms. The number of benzene rings is 2. The minimum Gasteiger partial charge on any atom is -0.492 e. The van der Waals surface area contributed by atoms with Crippen LogP contribution in [0.4, 0.5) is 5.69 Å². The molecule has 2 N–H and O–H groups in total. The lowest BCUT2D eigenvalue weighted by Crippen LogP contribution is -2.54. The molecule has 0 bridgehead atoms. The van der Waals surface area contributed by atoms with E-state index in [9.17, 15) is 28.8 Å². The van der Waals surface area contributed by atoms with Gasteiger partial charge in [0.25, 0.3) is 23.3 Å². The number of anilines is 1. The third-order valence-electron chi connectivity index (χ3n) is 10.5. The van der Waals surface area contributed by atoms with Crippen LogP contribution in [0, 0.1) is 5.92 Å². The SMILES string of the molecule is CN1CC(Nc2cnn(C)c(=O)c2Br)CC(c2ccc(C(=O)N3CCC(COc4cccc5c4C(=O)N(C4CCC(=O)NC4=O)C5=O)CC3)cc2)C1. The van der Waals surface area contributed by atoms with E-state index < -0.39 is 29.7 Å². The van der Waals surface area contributed by atoms with E-state index in [2.05, 4.69) is 43.6 Å². The van der Waals surface area contributed by atoms with Crippen LogP contribution >= 0.6 is 15.9 Å². The first kappa shape index (κ1) is 35.5. The lowest BCUT2D eigenvalue weighted by molar-refractivity contribution is -0.136. The number of hydrogen-bond donors (Lipinski definition) is 2. The van der Waals surface area contributed by atoms with Crippen molar-refractivity contribution < 1.29 is 28.7 Å². The number of halogens is 1. The topological polar surface area (TPSA) is 163 Å². The number of aromatic nitrogens is 2. The second kappa shape index (κ2) is 14.6. The van der Waals surface area contributed by atoms with Gasteiger partial charge in [-0.2, -0.15) is 5.10 Å². The molecule has 3 atom stereocenters. The van der Waals surface area contributed by atoms with Crippen molar-refractivity contribution in [2.24, 2.45) is 13.0 Å². The van der Waals surface area contributed by atoms with Crippen molar-refractivity contribution in [1.29, 1.82) is 0 Å². The largest absolute Gasteiger partial charge is 0.492 e. The van der Waals surface area contributed by atoms with E-state index in [0.29, 0.717) is 35.4 Å². The van der Waals surface area contributed by atoms with E-state index in [1.807, 2.05) is 29.2 Å². The van der Waals surface area contributed by atoms with Crippen molar-refractivity contribution >= 4 is 51.2 Å². The molecule has 14 nitrogen and oxygen atoms in total. The summed E-state index contributed by atoms with van der Waals surface area (Å²) in [5, 5.41) is 9.84. The monoisotopic (exact) mass is 773 g/mol. The maximum atomic E-state index is 13.5. The number of carbonyl (C=O) groups excluding carboxylic acids is 5. The fourth-order valence-corrected chi connectivity index (χ4v) is 8.17. The predicted octanol–water partition coefficient (Wildman–Crippen LogP) is 2.78. The average Bonchev–Trinajstić information content (AvgIpc) is 3.40. The number of ether oxygens (including phenoxy) is 1. The summed E-state index contributed by atoms with van der Waals surface area (Å²) in [6.45, 7) is 3.15. The van der Waals surface area contributed by atoms with Gasteiger partial charge in [0.2, 0.25) is 11.8 Å². The molecule has 0 aliphatic carbocycles. The molecule has 1 aromatic heterocycles. The first-order valence-corrected chi connectivity index (χ1v) is 18.3. The van der Waals surface area contributed by atoms with E-state index in [1.165, 1.54) is 4.68 Å². The number of carbonyl (C=O) groups is 5. The molecular formula is C37H40BrN7O7. The molecule has 5 amide bonds. The molecule has 3 unspecified atom stereocenters. The van der Waals surface area contributed by atoms with Crippen molar-refractivity contribution in [2.75, 3.05) is 45.2 Å². The van der Waals surface area contributed by atoms with Crippen LogP contribution < -0.4 is 20.9 Å². The van der Waals surface area contributed by atoms with Crippen molar-refractivity contribution in [3.63, 3.8) is 0 Å². The number of piperidine rings is 3. The van der Waals surface area contributed by atoms with Crippen LogP contribution in [0.1, 0.15) is 74.7 Å². The second-order valence-electron chi connectivity index (χ2n) is 14.1. The highest BCUT2D eigenvalue weighted by atomic mass is 79.9. The van der Waals surface area contributed by atoms with Gasteiger partial charge in [0.15, 0.2) is 0 Å². The van der Waals surface area contributed by atoms with Gasteiger partial charge >= 0.3 is 0 Å². The van der Waals surface area contributed by atoms with E-state index in [0.717, 1.165) is 42.8 Å². The molecule has 3 aromatic rings. The Hall–Kier alpha value is -4.89. The Morgan fingerprint density at radius 3 is 2.46 bits per heavy atom. The minimum atomic E-state index is -1.04. The van der Waals surface area contributed by atoms with E-state index >= 15 is 0 Å². The highest BCUT2D eigenvalue weighted by Crippen LogP contribution is 2.35. The molecule has 3 saturated heterocycles. The number of hydrogen-bond acceptors (Lipinski definition) is 10. The van der Waals surface area contributed by atoms with Crippen molar-refractivity contribution in [3.05, 3.63) is 85.7 Å². The number of nitrogens with one attached hydrogen (secondary N) is 2. The van der Waals surface area contributed by atoms with Gasteiger partial charge in [-0.05, 0) is 90.3 Å². The summed E-state index contributed by atoms with van der Waals surface area (Å²) in [6, 6.07) is 11.8. The minimum absolute atomic E-state index is 0.0206. The van der Waals surface area contributed by atoms with E-state index in [4.69, 9.17) is 4.74 Å². The van der Waals surface area contributed by atoms with Crippen LogP contribution in [0.15, 0.2) is 57.9 Å². The van der Waals surface area contributed by atoms with Crippen LogP contribution in [0.25, 0.3) is 0 Å². The number of rotatable bonds is 8. The standard InChI is InChI=1S/C37H40BrN7O7/c1-42-18-24(16-25(19-42)40-27-17-39-43(2)37(51)32(27)38)22-6-8-23(9-7-22)34(48)44-14-12-21(13-15-44)20-52-29-5-3-4-26-31(29)36(50)45(35(26)49)28-10-11-30(46)41-33(28)47/h3-9,17,21,24-25,28,40H,10-16,18-20H2,1-2H3,(H,41,46,47). The van der Waals surface area contributed by atoms with Gasteiger partial charge in [0, 0.05) is 51.3 Å². The summed E-state index contributed by atoms with van der Waals surface area (Å²) in [4.78, 5) is 81.5. The van der Waals surface area contributed by atoms with Gasteiger partial charge < -0.3 is 19.9 Å². The van der Waals surface area contributed by atoms with Crippen LogP contribution in [0.3, 0.4) is 0 Å². The Kier molecular flexibility index (Phi) is 9.98. The molecule has 0 radical (unpaired) electrons. The van der Waals surface area contributed by atoms with E-state index in [-0.39, 0.29) is 59.1 Å². The number of imide groups is 2. The summed E-state index contributed by atoms with van der Waals surface area (Å²) in [5.74, 6) is -1.61. The van der Waals surface area contributed by atoms with Gasteiger partial charge in [-0.15, -0.1) is 0 Å². The molecule has 5 heterocycles. The zero-order valence-corrected chi connectivity index (χ0v) is 30.6. The average molecular weight is 775 g/mol. The first-order valence-electron chi connectivity index (χ1n) is 17.5. The molecule has 0 saturated carbocycles. The second-order valence-corrected chi connectivity index (χ2v) is 14.9. The fraction of sp³-hybridized carbons (Fsp3) is 0.432. The molecule has 4 aliphatic heterocycles. The zero-order valence-electron chi connectivity index (χ0n) is 29.0. The van der Waals surface area contributed by atoms with Crippen LogP contribution in [0.5, 0.6) is 5.75 Å². The number of likely N-dealkylation sites (N-methyl/N-ethyl adjacent to an activating group) is 1. The summed E-state index contributed by atoms with van der Waals surface area (Å²) < 4.78 is 7.87. The molecular weight excluding hydrogens is 734 g/mol. The first-order chi connectivity index (χ1) is 25.0. The Balaban J connectivity index is 0.922. The summed E-state index contributed by atoms with van der Waals surface area (Å²) in [6.07, 6.45) is 4.09. The number of likely N-dealkylation sites (tertiary alicyclic amines) is 2. The number of fused-ring (bicyclic) bond motifs is 1.